The first-order valence-corrected chi connectivity index (χ1v) is 8.73. The molecule has 4 aromatic rings. The van der Waals surface area contributed by atoms with Gasteiger partial charge < -0.3 is 10.2 Å². The first kappa shape index (κ1) is 18.1. The highest BCUT2D eigenvalue weighted by molar-refractivity contribution is 5.90. The summed E-state index contributed by atoms with van der Waals surface area (Å²) in [5.41, 5.74) is 2.21. The summed E-state index contributed by atoms with van der Waals surface area (Å²) in [7, 11) is 0. The van der Waals surface area contributed by atoms with Gasteiger partial charge in [0.25, 0.3) is 0 Å². The number of para-hydroxylation sites is 1. The van der Waals surface area contributed by atoms with Gasteiger partial charge in [0.05, 0.1) is 11.1 Å². The van der Waals surface area contributed by atoms with E-state index in [2.05, 4.69) is 10.2 Å². The van der Waals surface area contributed by atoms with E-state index in [1.165, 1.54) is 24.3 Å². The minimum absolute atomic E-state index is 0.138. The molecule has 0 amide bonds. The van der Waals surface area contributed by atoms with Crippen LogP contribution in [0.4, 0.5) is 0 Å². The van der Waals surface area contributed by atoms with Crippen molar-refractivity contribution >= 4 is 11.9 Å². The van der Waals surface area contributed by atoms with Gasteiger partial charge in [0.2, 0.25) is 0 Å². The molecular weight excluding hydrogens is 370 g/mol. The number of hydrogen-bond acceptors (Lipinski definition) is 4. The third-order valence-corrected chi connectivity index (χ3v) is 4.41. The van der Waals surface area contributed by atoms with Crippen LogP contribution in [0.5, 0.6) is 0 Å². The van der Waals surface area contributed by atoms with E-state index >= 15 is 0 Å². The molecule has 142 valence electrons. The first-order valence-electron chi connectivity index (χ1n) is 8.73. The molecular formula is C22H15N3O4. The largest absolute Gasteiger partial charge is 0.478 e. The van der Waals surface area contributed by atoms with Gasteiger partial charge in [0, 0.05) is 16.8 Å². The van der Waals surface area contributed by atoms with Crippen molar-refractivity contribution in [3.8, 4) is 28.5 Å². The average Bonchev–Trinajstić information content (AvgIpc) is 3.20. The number of hydrogen-bond donors (Lipinski definition) is 2. The molecule has 0 spiro atoms. The van der Waals surface area contributed by atoms with Gasteiger partial charge in [-0.25, -0.2) is 9.59 Å². The second-order valence-electron chi connectivity index (χ2n) is 6.29. The third kappa shape index (κ3) is 3.49. The lowest BCUT2D eigenvalue weighted by atomic mass is 10.1. The summed E-state index contributed by atoms with van der Waals surface area (Å²) in [5, 5.41) is 27.2. The molecule has 0 aliphatic rings. The molecule has 29 heavy (non-hydrogen) atoms. The normalized spacial score (nSPS) is 10.6. The van der Waals surface area contributed by atoms with Crippen molar-refractivity contribution in [1.29, 1.82) is 0 Å². The van der Waals surface area contributed by atoms with Gasteiger partial charge >= 0.3 is 11.9 Å². The number of carboxylic acid groups (broad SMARTS) is 2. The van der Waals surface area contributed by atoms with Crippen LogP contribution in [0, 0.1) is 0 Å². The van der Waals surface area contributed by atoms with Gasteiger partial charge in [-0.1, -0.05) is 42.5 Å². The zero-order valence-corrected chi connectivity index (χ0v) is 15.1. The van der Waals surface area contributed by atoms with Crippen molar-refractivity contribution in [2.24, 2.45) is 0 Å². The van der Waals surface area contributed by atoms with Crippen molar-refractivity contribution in [1.82, 2.24) is 14.8 Å². The lowest BCUT2D eigenvalue weighted by Crippen LogP contribution is -2.02. The van der Waals surface area contributed by atoms with Gasteiger partial charge in [-0.05, 0) is 36.4 Å². The molecule has 0 aliphatic carbocycles. The molecule has 0 radical (unpaired) electrons. The Hall–Kier alpha value is -4.26. The van der Waals surface area contributed by atoms with E-state index in [-0.39, 0.29) is 11.1 Å². The zero-order valence-electron chi connectivity index (χ0n) is 15.1. The van der Waals surface area contributed by atoms with Gasteiger partial charge in [0.15, 0.2) is 11.6 Å². The predicted octanol–water partition coefficient (Wildman–Crippen LogP) is 4.00. The quantitative estimate of drug-likeness (QED) is 0.538. The fourth-order valence-corrected chi connectivity index (χ4v) is 3.06. The number of carbonyl (C=O) groups is 2. The smallest absolute Gasteiger partial charge is 0.335 e. The Morgan fingerprint density at radius 1 is 0.655 bits per heavy atom. The Bertz CT molecular complexity index is 1140. The number of nitrogens with zero attached hydrogens (tertiary/aromatic N) is 3. The van der Waals surface area contributed by atoms with E-state index in [9.17, 15) is 19.8 Å². The van der Waals surface area contributed by atoms with Gasteiger partial charge in [-0.15, -0.1) is 10.2 Å². The first-order chi connectivity index (χ1) is 14.0. The van der Waals surface area contributed by atoms with Crippen molar-refractivity contribution in [2.45, 2.75) is 0 Å². The van der Waals surface area contributed by atoms with E-state index in [1.807, 2.05) is 30.3 Å². The monoisotopic (exact) mass is 385 g/mol. The maximum atomic E-state index is 11.4. The highest BCUT2D eigenvalue weighted by atomic mass is 16.4. The standard InChI is InChI=1S/C22H15N3O4/c26-21(27)16-8-4-6-14(12-16)19-23-24-20(25(19)18-10-2-1-3-11-18)15-7-5-9-17(13-15)22(28)29/h1-13H,(H,26,27)(H,28,29). The van der Waals surface area contributed by atoms with Gasteiger partial charge in [-0.2, -0.15) is 0 Å². The number of rotatable bonds is 5. The topological polar surface area (TPSA) is 105 Å². The number of aromatic carboxylic acids is 2. The van der Waals surface area contributed by atoms with Crippen molar-refractivity contribution in [3.63, 3.8) is 0 Å². The van der Waals surface area contributed by atoms with Crippen LogP contribution in [0.25, 0.3) is 28.5 Å². The molecule has 0 atom stereocenters. The van der Waals surface area contributed by atoms with Crippen molar-refractivity contribution < 1.29 is 19.8 Å². The molecule has 0 aliphatic heterocycles. The van der Waals surface area contributed by atoms with Crippen LogP contribution in [0.1, 0.15) is 20.7 Å². The van der Waals surface area contributed by atoms with Crippen LogP contribution in [0.2, 0.25) is 0 Å². The average molecular weight is 385 g/mol. The molecule has 2 N–H and O–H groups in total. The minimum atomic E-state index is -1.04. The van der Waals surface area contributed by atoms with Crippen LogP contribution in [-0.2, 0) is 0 Å². The molecule has 0 fully saturated rings. The molecule has 0 bridgehead atoms. The Morgan fingerprint density at radius 2 is 1.14 bits per heavy atom. The molecule has 4 rings (SSSR count). The molecule has 7 nitrogen and oxygen atoms in total. The number of carboxylic acids is 2. The van der Waals surface area contributed by atoms with Gasteiger partial charge in [-0.3, -0.25) is 4.57 Å². The van der Waals surface area contributed by atoms with E-state index in [1.54, 1.807) is 28.8 Å². The van der Waals surface area contributed by atoms with Crippen LogP contribution in [-0.4, -0.2) is 36.9 Å². The summed E-state index contributed by atoms with van der Waals surface area (Å²) >= 11 is 0. The minimum Gasteiger partial charge on any atom is -0.478 e. The highest BCUT2D eigenvalue weighted by Gasteiger charge is 2.19. The van der Waals surface area contributed by atoms with Crippen LogP contribution < -0.4 is 0 Å². The maximum absolute atomic E-state index is 11.4. The fourth-order valence-electron chi connectivity index (χ4n) is 3.06. The van der Waals surface area contributed by atoms with E-state index in [0.717, 1.165) is 5.69 Å². The molecule has 3 aromatic carbocycles. The summed E-state index contributed by atoms with van der Waals surface area (Å²) in [5.74, 6) is -1.16. The Balaban J connectivity index is 1.95. The summed E-state index contributed by atoms with van der Waals surface area (Å²) < 4.78 is 1.78. The number of aromatic nitrogens is 3. The molecule has 7 heteroatoms. The lowest BCUT2D eigenvalue weighted by molar-refractivity contribution is 0.0686. The molecule has 0 saturated heterocycles. The Morgan fingerprint density at radius 3 is 1.59 bits per heavy atom. The van der Waals surface area contributed by atoms with Crippen LogP contribution in [0.15, 0.2) is 78.9 Å². The third-order valence-electron chi connectivity index (χ3n) is 4.41. The van der Waals surface area contributed by atoms with Crippen LogP contribution >= 0.6 is 0 Å². The SMILES string of the molecule is O=C(O)c1cccc(-c2nnc(-c3cccc(C(=O)O)c3)n2-c2ccccc2)c1. The Labute approximate surface area is 165 Å². The van der Waals surface area contributed by atoms with E-state index in [0.29, 0.717) is 22.8 Å². The Kier molecular flexibility index (Phi) is 4.62. The maximum Gasteiger partial charge on any atom is 0.335 e. The molecule has 1 heterocycles. The van der Waals surface area contributed by atoms with E-state index in [4.69, 9.17) is 0 Å². The van der Waals surface area contributed by atoms with E-state index < -0.39 is 11.9 Å². The second kappa shape index (κ2) is 7.40. The molecule has 0 saturated carbocycles. The predicted molar refractivity (Wildman–Crippen MR) is 106 cm³/mol. The number of benzene rings is 3. The van der Waals surface area contributed by atoms with Crippen LogP contribution in [0.3, 0.4) is 0 Å². The zero-order chi connectivity index (χ0) is 20.4. The highest BCUT2D eigenvalue weighted by Crippen LogP contribution is 2.29. The van der Waals surface area contributed by atoms with Crippen molar-refractivity contribution in [3.05, 3.63) is 90.0 Å². The summed E-state index contributed by atoms with van der Waals surface area (Å²) in [6.07, 6.45) is 0. The lowest BCUT2D eigenvalue weighted by Gasteiger charge is -2.11. The van der Waals surface area contributed by atoms with Gasteiger partial charge in [0.1, 0.15) is 0 Å². The fraction of sp³-hybridized carbons (Fsp3) is 0. The molecule has 0 unspecified atom stereocenters. The second-order valence-corrected chi connectivity index (χ2v) is 6.29. The summed E-state index contributed by atoms with van der Waals surface area (Å²) in [6.45, 7) is 0. The summed E-state index contributed by atoms with van der Waals surface area (Å²) in [6, 6.07) is 22.2. The summed E-state index contributed by atoms with van der Waals surface area (Å²) in [4.78, 5) is 22.7. The van der Waals surface area contributed by atoms with Crippen molar-refractivity contribution in [2.75, 3.05) is 0 Å². The molecule has 1 aromatic heterocycles.